The number of rotatable bonds is 0. The highest BCUT2D eigenvalue weighted by Crippen LogP contribution is 1.94. The average Bonchev–Trinajstić information content (AvgIpc) is 1.35. The van der Waals surface area contributed by atoms with Gasteiger partial charge in [0, 0.05) is 9.39 Å². The van der Waals surface area contributed by atoms with Gasteiger partial charge in [0.1, 0.15) is 0 Å². The van der Waals surface area contributed by atoms with Gasteiger partial charge in [-0.3, -0.25) is 0 Å². The van der Waals surface area contributed by atoms with Gasteiger partial charge >= 0.3 is 0 Å². The Morgan fingerprint density at radius 3 is 2.14 bits per heavy atom. The summed E-state index contributed by atoms with van der Waals surface area (Å²) in [6.07, 6.45) is 0. The lowest BCUT2D eigenvalue weighted by atomic mass is 11.5. The van der Waals surface area contributed by atoms with E-state index in [-0.39, 0.29) is 7.43 Å². The predicted octanol–water partition coefficient (Wildman–Crippen LogP) is 2.58. The molecule has 0 saturated heterocycles. The van der Waals surface area contributed by atoms with Crippen LogP contribution in [0.4, 0.5) is 0 Å². The van der Waals surface area contributed by atoms with Crippen LogP contribution in [0.5, 0.6) is 0 Å². The Hall–Kier alpha value is 0.850. The second kappa shape index (κ2) is 6.85. The van der Waals surface area contributed by atoms with Crippen LogP contribution in [-0.4, -0.2) is 3.00 Å². The lowest BCUT2D eigenvalue weighted by Gasteiger charge is -1.69. The third-order valence-corrected chi connectivity index (χ3v) is 0.549. The maximum atomic E-state index is 4.51. The minimum absolute atomic E-state index is 0. The van der Waals surface area contributed by atoms with Crippen LogP contribution in [-0.2, 0) is 0 Å². The van der Waals surface area contributed by atoms with Crippen LogP contribution in [0.25, 0.3) is 0 Å². The van der Waals surface area contributed by atoms with Crippen molar-refractivity contribution in [2.75, 3.05) is 0 Å². The van der Waals surface area contributed by atoms with E-state index in [1.54, 1.807) is 0 Å². The van der Waals surface area contributed by atoms with Crippen LogP contribution in [0.3, 0.4) is 0 Å². The molecule has 0 rings (SSSR count). The monoisotopic (exact) mass is 248 g/mol. The van der Waals surface area contributed by atoms with E-state index in [1.165, 1.54) is 0 Å². The maximum Gasteiger partial charge on any atom is 0.186 e. The summed E-state index contributed by atoms with van der Waals surface area (Å²) in [5.41, 5.74) is 0. The molecule has 5 heteroatoms. The smallest absolute Gasteiger partial charge is 0.171 e. The van der Waals surface area contributed by atoms with Crippen LogP contribution in [0, 0.1) is 0 Å². The molecule has 0 amide bonds. The van der Waals surface area contributed by atoms with Crippen LogP contribution >= 0.6 is 44.2 Å². The molecule has 0 aromatic rings. The number of nitrogens with zero attached hydrogens (tertiary/aromatic N) is 2. The molecular weight excluding hydrogens is 242 g/mol. The van der Waals surface area contributed by atoms with E-state index in [0.717, 1.165) is 0 Å². The van der Waals surface area contributed by atoms with E-state index >= 15 is 0 Å². The molecular formula is C2H6IN2PS. The van der Waals surface area contributed by atoms with Gasteiger partial charge in [0.15, 0.2) is 3.00 Å². The van der Waals surface area contributed by atoms with Crippen molar-refractivity contribution in [1.82, 2.24) is 0 Å². The average molecular weight is 248 g/mol. The van der Waals surface area contributed by atoms with Crippen molar-refractivity contribution in [3.63, 3.8) is 0 Å². The van der Waals surface area contributed by atoms with E-state index < -0.39 is 0 Å². The van der Waals surface area contributed by atoms with E-state index in [2.05, 4.69) is 31.6 Å². The Morgan fingerprint density at radius 2 is 2.14 bits per heavy atom. The summed E-state index contributed by atoms with van der Waals surface area (Å²) in [6.45, 7) is 0. The summed E-state index contributed by atoms with van der Waals surface area (Å²) >= 11 is 6.41. The Kier molecular flexibility index (Phi) is 10.5. The largest absolute Gasteiger partial charge is 0.186 e. The van der Waals surface area contributed by atoms with Gasteiger partial charge in [-0.2, -0.15) is 4.88 Å². The summed E-state index contributed by atoms with van der Waals surface area (Å²) < 4.78 is 0.530. The fourth-order valence-corrected chi connectivity index (χ4v) is 0.651. The van der Waals surface area contributed by atoms with Crippen LogP contribution in [0.1, 0.15) is 7.43 Å². The van der Waals surface area contributed by atoms with Gasteiger partial charge < -0.3 is 0 Å². The number of halogens is 1. The van der Waals surface area contributed by atoms with Gasteiger partial charge in [-0.05, 0) is 34.8 Å². The molecule has 0 spiro atoms. The van der Waals surface area contributed by atoms with Gasteiger partial charge in [-0.1, -0.05) is 7.43 Å². The molecule has 42 valence electrons. The normalized spacial score (nSPS) is 8.29. The molecule has 0 saturated carbocycles. The molecule has 0 aliphatic rings. The van der Waals surface area contributed by atoms with Crippen LogP contribution in [0.15, 0.2) is 10.00 Å². The number of thiocarbonyl (C=S) groups is 1. The fraction of sp³-hybridized carbons (Fsp3) is 0.500. The molecule has 0 aromatic heterocycles. The van der Waals surface area contributed by atoms with Gasteiger partial charge in [0.25, 0.3) is 0 Å². The quantitative estimate of drug-likeness (QED) is 0.161. The molecule has 0 fully saturated rings. The molecule has 1 atom stereocenters. The first kappa shape index (κ1) is 10.8. The van der Waals surface area contributed by atoms with Crippen LogP contribution < -0.4 is 0 Å². The SMILES string of the molecule is C.PN=NC(=S)I. The van der Waals surface area contributed by atoms with E-state index in [4.69, 9.17) is 0 Å². The molecule has 0 aliphatic heterocycles. The van der Waals surface area contributed by atoms with Gasteiger partial charge in [-0.25, -0.2) is 0 Å². The predicted molar refractivity (Wildman–Crippen MR) is 47.9 cm³/mol. The Labute approximate surface area is 64.6 Å². The molecule has 0 radical (unpaired) electrons. The highest BCUT2D eigenvalue weighted by atomic mass is 127. The van der Waals surface area contributed by atoms with E-state index in [1.807, 2.05) is 22.6 Å². The first-order chi connectivity index (χ1) is 2.77. The first-order valence-electron chi connectivity index (χ1n) is 1.07. The lowest BCUT2D eigenvalue weighted by molar-refractivity contribution is 1.48. The Morgan fingerprint density at radius 1 is 1.71 bits per heavy atom. The minimum Gasteiger partial charge on any atom is -0.171 e. The number of hydrogen-bond donors (Lipinski definition) is 0. The standard InChI is InChI=1S/CH2IN2PS.CH4/c2-1(6)3-4-5;/h5H2;1H4. The second-order valence-electron chi connectivity index (χ2n) is 0.468. The maximum absolute atomic E-state index is 4.51. The van der Waals surface area contributed by atoms with Gasteiger partial charge in [0.2, 0.25) is 0 Å². The van der Waals surface area contributed by atoms with E-state index in [0.29, 0.717) is 3.00 Å². The van der Waals surface area contributed by atoms with Crippen molar-refractivity contribution in [3.8, 4) is 0 Å². The molecule has 7 heavy (non-hydrogen) atoms. The Bertz CT molecular complexity index is 83.8. The third kappa shape index (κ3) is 10.9. The van der Waals surface area contributed by atoms with Crippen LogP contribution in [0.2, 0.25) is 0 Å². The van der Waals surface area contributed by atoms with Gasteiger partial charge in [-0.15, -0.1) is 5.11 Å². The summed E-state index contributed by atoms with van der Waals surface area (Å²) in [6, 6.07) is 0. The molecule has 0 bridgehead atoms. The topological polar surface area (TPSA) is 24.7 Å². The second-order valence-corrected chi connectivity index (χ2v) is 2.84. The summed E-state index contributed by atoms with van der Waals surface area (Å²) in [5, 5.41) is 3.43. The zero-order chi connectivity index (χ0) is 4.99. The molecule has 0 heterocycles. The molecule has 0 aliphatic carbocycles. The fourth-order valence-electron chi connectivity index (χ4n) is 0.0454. The summed E-state index contributed by atoms with van der Waals surface area (Å²) in [4.78, 5) is 3.33. The van der Waals surface area contributed by atoms with Crippen molar-refractivity contribution >= 4 is 47.2 Å². The van der Waals surface area contributed by atoms with E-state index in [9.17, 15) is 0 Å². The lowest BCUT2D eigenvalue weighted by Crippen LogP contribution is -1.60. The highest BCUT2D eigenvalue weighted by molar-refractivity contribution is 14.1. The first-order valence-corrected chi connectivity index (χ1v) is 3.08. The Balaban J connectivity index is 0. The number of hydrogen-bond acceptors (Lipinski definition) is 2. The molecule has 0 aromatic carbocycles. The van der Waals surface area contributed by atoms with Crippen molar-refractivity contribution < 1.29 is 0 Å². The van der Waals surface area contributed by atoms with Crippen molar-refractivity contribution in [2.45, 2.75) is 7.43 Å². The van der Waals surface area contributed by atoms with Crippen molar-refractivity contribution in [3.05, 3.63) is 0 Å². The minimum atomic E-state index is 0. The summed E-state index contributed by atoms with van der Waals surface area (Å²) in [5.74, 6) is 0. The summed E-state index contributed by atoms with van der Waals surface area (Å²) in [7, 11) is 2.09. The van der Waals surface area contributed by atoms with Gasteiger partial charge in [0.05, 0.1) is 0 Å². The third-order valence-electron chi connectivity index (χ3n) is 0.136. The molecule has 1 unspecified atom stereocenters. The molecule has 2 nitrogen and oxygen atoms in total. The molecule has 0 N–H and O–H groups in total. The zero-order valence-corrected chi connectivity index (χ0v) is 6.89. The highest BCUT2D eigenvalue weighted by Gasteiger charge is 1.73. The van der Waals surface area contributed by atoms with Crippen molar-refractivity contribution in [1.29, 1.82) is 0 Å². The van der Waals surface area contributed by atoms with Crippen molar-refractivity contribution in [2.24, 2.45) is 10.00 Å². The zero-order valence-electron chi connectivity index (χ0n) is 2.76.